The number of hydrogen-bond acceptors (Lipinski definition) is 7. The lowest BCUT2D eigenvalue weighted by atomic mass is 9.83. The van der Waals surface area contributed by atoms with Gasteiger partial charge in [-0.1, -0.05) is 79.7 Å². The van der Waals surface area contributed by atoms with Crippen molar-refractivity contribution in [1.29, 1.82) is 0 Å². The van der Waals surface area contributed by atoms with Gasteiger partial charge in [-0.2, -0.15) is 17.0 Å². The number of hydrogen-bond donors (Lipinski definition) is 4. The molecule has 1 saturated heterocycles. The fourth-order valence-electron chi connectivity index (χ4n) is 7.69. The van der Waals surface area contributed by atoms with Crippen LogP contribution in [0.15, 0.2) is 12.7 Å². The molecule has 2 unspecified atom stereocenters. The summed E-state index contributed by atoms with van der Waals surface area (Å²) >= 11 is 0. The molecule has 2 aliphatic carbocycles. The average Bonchev–Trinajstić information content (AvgIpc) is 3.37. The zero-order valence-corrected chi connectivity index (χ0v) is 33.0. The van der Waals surface area contributed by atoms with Crippen molar-refractivity contribution in [3.8, 4) is 0 Å². The van der Waals surface area contributed by atoms with Gasteiger partial charge >= 0.3 is 6.03 Å². The van der Waals surface area contributed by atoms with Crippen LogP contribution in [0.25, 0.3) is 0 Å². The van der Waals surface area contributed by atoms with E-state index in [1.165, 1.54) is 31.5 Å². The molecule has 4 N–H and O–H groups in total. The Kier molecular flexibility index (Phi) is 14.3. The topological polar surface area (TPSA) is 177 Å². The van der Waals surface area contributed by atoms with Gasteiger partial charge in [-0.3, -0.25) is 19.2 Å². The minimum Gasteiger partial charge on any atom is -0.346 e. The van der Waals surface area contributed by atoms with Crippen molar-refractivity contribution in [2.24, 2.45) is 28.6 Å². The number of ketones is 1. The molecule has 0 radical (unpaired) electrons. The summed E-state index contributed by atoms with van der Waals surface area (Å²) in [6.07, 6.45) is 7.45. The van der Waals surface area contributed by atoms with Gasteiger partial charge in [0, 0.05) is 46.8 Å². The molecule has 2 saturated carbocycles. The van der Waals surface area contributed by atoms with Gasteiger partial charge in [-0.25, -0.2) is 4.79 Å². The summed E-state index contributed by atoms with van der Waals surface area (Å²) in [4.78, 5) is 69.9. The van der Waals surface area contributed by atoms with Crippen LogP contribution in [-0.2, 0) is 29.4 Å². The number of likely N-dealkylation sites (N-methyl/N-ethyl adjacent to an activating group) is 1. The number of unbranched alkanes of at least 4 members (excludes halogenated alkanes) is 1. The molecule has 5 amide bonds. The smallest absolute Gasteiger partial charge is 0.315 e. The first-order valence-electron chi connectivity index (χ1n) is 18.4. The van der Waals surface area contributed by atoms with Gasteiger partial charge in [0.2, 0.25) is 17.6 Å². The molecule has 0 aromatic heterocycles. The third-order valence-corrected chi connectivity index (χ3v) is 13.0. The van der Waals surface area contributed by atoms with E-state index in [1.807, 2.05) is 27.7 Å². The predicted molar refractivity (Wildman–Crippen MR) is 196 cm³/mol. The van der Waals surface area contributed by atoms with E-state index in [1.54, 1.807) is 4.90 Å². The predicted octanol–water partition coefficient (Wildman–Crippen LogP) is 2.42. The molecule has 0 aromatic carbocycles. The summed E-state index contributed by atoms with van der Waals surface area (Å²) < 4.78 is 27.9. The lowest BCUT2D eigenvalue weighted by molar-refractivity contribution is -0.144. The maximum absolute atomic E-state index is 14.6. The van der Waals surface area contributed by atoms with Crippen LogP contribution in [-0.4, -0.2) is 116 Å². The molecular weight excluding hydrogens is 675 g/mol. The number of fused-ring (bicyclic) bond motifs is 1. The molecule has 3 fully saturated rings. The molecule has 0 aromatic rings. The van der Waals surface area contributed by atoms with Crippen molar-refractivity contribution in [3.63, 3.8) is 0 Å². The minimum atomic E-state index is -3.74. The summed E-state index contributed by atoms with van der Waals surface area (Å²) in [5.41, 5.74) is -0.732. The number of rotatable bonds is 17. The fourth-order valence-corrected chi connectivity index (χ4v) is 8.59. The van der Waals surface area contributed by atoms with Crippen molar-refractivity contribution in [2.45, 2.75) is 117 Å². The second-order valence-electron chi connectivity index (χ2n) is 16.4. The van der Waals surface area contributed by atoms with Gasteiger partial charge in [0.25, 0.3) is 16.1 Å². The Balaban J connectivity index is 1.88. The van der Waals surface area contributed by atoms with E-state index < -0.39 is 63.4 Å². The number of Topliss-reactive ketones (excluding diaryl/α,β-unsaturated/α-hetero) is 1. The third-order valence-electron chi connectivity index (χ3n) is 11.2. The van der Waals surface area contributed by atoms with Gasteiger partial charge in [0.1, 0.15) is 12.1 Å². The lowest BCUT2D eigenvalue weighted by Crippen LogP contribution is -2.62. The molecular formula is C36H63N7O7S. The molecule has 290 valence electrons. The van der Waals surface area contributed by atoms with Crippen LogP contribution >= 0.6 is 0 Å². The molecule has 3 aliphatic rings. The summed E-state index contributed by atoms with van der Waals surface area (Å²) in [6.45, 7) is 15.8. The Morgan fingerprint density at radius 1 is 1.00 bits per heavy atom. The Morgan fingerprint density at radius 2 is 1.63 bits per heavy atom. The van der Waals surface area contributed by atoms with Gasteiger partial charge in [0.05, 0.1) is 6.04 Å². The molecule has 15 heteroatoms. The Bertz CT molecular complexity index is 1400. The van der Waals surface area contributed by atoms with Crippen LogP contribution in [0, 0.1) is 28.6 Å². The first-order chi connectivity index (χ1) is 23.7. The summed E-state index contributed by atoms with van der Waals surface area (Å²) in [5.74, 6) is -2.58. The number of carbonyl (C=O) groups is 5. The highest BCUT2D eigenvalue weighted by molar-refractivity contribution is 7.86. The second kappa shape index (κ2) is 17.2. The second-order valence-corrected chi connectivity index (χ2v) is 18.7. The number of nitrogens with zero attached hydrogens (tertiary/aromatic N) is 3. The Morgan fingerprint density at radius 3 is 2.18 bits per heavy atom. The first-order valence-corrected chi connectivity index (χ1v) is 19.8. The monoisotopic (exact) mass is 737 g/mol. The van der Waals surface area contributed by atoms with Crippen LogP contribution in [0.5, 0.6) is 0 Å². The van der Waals surface area contributed by atoms with E-state index in [0.29, 0.717) is 13.0 Å². The van der Waals surface area contributed by atoms with E-state index in [2.05, 4.69) is 41.7 Å². The van der Waals surface area contributed by atoms with Crippen molar-refractivity contribution in [1.82, 2.24) is 34.8 Å². The van der Waals surface area contributed by atoms with Crippen molar-refractivity contribution >= 4 is 39.7 Å². The van der Waals surface area contributed by atoms with E-state index >= 15 is 0 Å². The van der Waals surface area contributed by atoms with Gasteiger partial charge in [-0.15, -0.1) is 6.58 Å². The number of urea groups is 1. The van der Waals surface area contributed by atoms with Crippen molar-refractivity contribution in [2.75, 3.05) is 40.8 Å². The van der Waals surface area contributed by atoms with Crippen LogP contribution < -0.4 is 21.3 Å². The molecule has 6 atom stereocenters. The molecule has 3 rings (SSSR count). The Labute approximate surface area is 305 Å². The minimum absolute atomic E-state index is 0.00974. The number of piperidine rings is 1. The zero-order valence-electron chi connectivity index (χ0n) is 32.2. The lowest BCUT2D eigenvalue weighted by Gasteiger charge is -2.38. The largest absolute Gasteiger partial charge is 0.346 e. The SMILES string of the molecule is C=CCNC(=O)C(=O)C(CCCC)NC(=O)C1[C@@H]2[C@H](CN1C(=O)[C@@H](NC(=O)N[C@H](CN(C)S(=O)(=O)N(C)C)C(C)(C)C)C1CCCCC1)C2(C)C. The first kappa shape index (κ1) is 42.4. The normalized spacial score (nSPS) is 23.5. The van der Waals surface area contributed by atoms with Crippen LogP contribution in [0.1, 0.15) is 92.9 Å². The molecule has 51 heavy (non-hydrogen) atoms. The summed E-state index contributed by atoms with van der Waals surface area (Å²) in [5, 5.41) is 11.3. The van der Waals surface area contributed by atoms with Gasteiger partial charge < -0.3 is 26.2 Å². The van der Waals surface area contributed by atoms with Gasteiger partial charge in [0.15, 0.2) is 0 Å². The molecule has 0 spiro atoms. The Hall–Kier alpha value is -3.04. The fraction of sp³-hybridized carbons (Fsp3) is 0.806. The maximum Gasteiger partial charge on any atom is 0.315 e. The van der Waals surface area contributed by atoms with Crippen molar-refractivity contribution in [3.05, 3.63) is 12.7 Å². The highest BCUT2D eigenvalue weighted by Gasteiger charge is 2.69. The van der Waals surface area contributed by atoms with E-state index in [9.17, 15) is 32.4 Å². The van der Waals surface area contributed by atoms with E-state index in [-0.39, 0.29) is 48.6 Å². The molecule has 0 bridgehead atoms. The van der Waals surface area contributed by atoms with E-state index in [4.69, 9.17) is 0 Å². The molecule has 1 heterocycles. The maximum atomic E-state index is 14.6. The third kappa shape index (κ3) is 10.1. The zero-order chi connectivity index (χ0) is 38.5. The van der Waals surface area contributed by atoms with Crippen LogP contribution in [0.4, 0.5) is 4.79 Å². The molecule has 14 nitrogen and oxygen atoms in total. The number of nitrogens with one attached hydrogen (secondary N) is 4. The standard InChI is InChI=1S/C36H63N7O7S/c1-11-13-19-25(30(44)32(46)37-20-12-2)38-31(45)29-27-24(36(27,6)7)21-43(29)33(47)28(23-17-15-14-16-18-23)40-34(48)39-26(35(3,4)5)22-42(10)51(49,50)41(8)9/h12,23-29H,2,11,13-22H2,1,3-10H3,(H,37,46)(H,38,45)(H2,39,40,48)/t24-,25?,26+,27-,28-,29?/m0/s1. The summed E-state index contributed by atoms with van der Waals surface area (Å²) in [7, 11) is 0.611. The highest BCUT2D eigenvalue weighted by Crippen LogP contribution is 2.65. The summed E-state index contributed by atoms with van der Waals surface area (Å²) in [6, 6.07) is -4.00. The van der Waals surface area contributed by atoms with Crippen LogP contribution in [0.2, 0.25) is 0 Å². The van der Waals surface area contributed by atoms with Gasteiger partial charge in [-0.05, 0) is 47.8 Å². The number of likely N-dealkylation sites (tertiary alicyclic amines) is 1. The highest BCUT2D eigenvalue weighted by atomic mass is 32.2. The van der Waals surface area contributed by atoms with E-state index in [0.717, 1.165) is 42.8 Å². The molecule has 1 aliphatic heterocycles. The number of carbonyl (C=O) groups excluding carboxylic acids is 5. The quantitative estimate of drug-likeness (QED) is 0.131. The number of amides is 5. The average molecular weight is 738 g/mol. The van der Waals surface area contributed by atoms with Crippen molar-refractivity contribution < 1.29 is 32.4 Å². The van der Waals surface area contributed by atoms with Crippen LogP contribution in [0.3, 0.4) is 0 Å².